The first kappa shape index (κ1) is 12.4. The van der Waals surface area contributed by atoms with Gasteiger partial charge in [0.2, 0.25) is 0 Å². The Hall–Kier alpha value is -1.62. The van der Waals surface area contributed by atoms with E-state index in [1.165, 1.54) is 0 Å². The Bertz CT molecular complexity index is 582. The predicted octanol–water partition coefficient (Wildman–Crippen LogP) is 3.41. The Balaban J connectivity index is 1.86. The molecule has 0 unspecified atom stereocenters. The van der Waals surface area contributed by atoms with Crippen molar-refractivity contribution in [2.45, 2.75) is 18.9 Å². The van der Waals surface area contributed by atoms with Gasteiger partial charge in [-0.3, -0.25) is 9.78 Å². The van der Waals surface area contributed by atoms with E-state index < -0.39 is 0 Å². The summed E-state index contributed by atoms with van der Waals surface area (Å²) in [5, 5.41) is 0. The molecule has 5 heteroatoms. The SMILES string of the molecule is O=C(c1ccc(Br)o1)N1CCC[C@H]1c1ccccn1. The topological polar surface area (TPSA) is 46.3 Å². The monoisotopic (exact) mass is 320 g/mol. The van der Waals surface area contributed by atoms with Crippen molar-refractivity contribution in [3.05, 3.63) is 52.7 Å². The molecule has 0 saturated carbocycles. The van der Waals surface area contributed by atoms with Crippen LogP contribution < -0.4 is 0 Å². The number of aromatic nitrogens is 1. The van der Waals surface area contributed by atoms with Gasteiger partial charge in [0.25, 0.3) is 5.91 Å². The quantitative estimate of drug-likeness (QED) is 0.851. The summed E-state index contributed by atoms with van der Waals surface area (Å²) in [6.45, 7) is 0.748. The number of hydrogen-bond donors (Lipinski definition) is 0. The highest BCUT2D eigenvalue weighted by atomic mass is 79.9. The third kappa shape index (κ3) is 2.42. The van der Waals surface area contributed by atoms with E-state index in [-0.39, 0.29) is 11.9 Å². The highest BCUT2D eigenvalue weighted by molar-refractivity contribution is 9.10. The van der Waals surface area contributed by atoms with Gasteiger partial charge in [-0.1, -0.05) is 6.07 Å². The van der Waals surface area contributed by atoms with Gasteiger partial charge in [-0.05, 0) is 53.0 Å². The maximum Gasteiger partial charge on any atom is 0.290 e. The Kier molecular flexibility index (Phi) is 3.38. The summed E-state index contributed by atoms with van der Waals surface area (Å²) in [5.41, 5.74) is 0.943. The smallest absolute Gasteiger partial charge is 0.290 e. The lowest BCUT2D eigenvalue weighted by molar-refractivity contribution is 0.0699. The zero-order valence-corrected chi connectivity index (χ0v) is 11.8. The van der Waals surface area contributed by atoms with Gasteiger partial charge in [-0.2, -0.15) is 0 Å². The number of furan rings is 1. The zero-order chi connectivity index (χ0) is 13.2. The van der Waals surface area contributed by atoms with Crippen molar-refractivity contribution in [1.29, 1.82) is 0 Å². The highest BCUT2D eigenvalue weighted by Gasteiger charge is 2.32. The molecule has 3 rings (SSSR count). The molecule has 1 amide bonds. The number of halogens is 1. The summed E-state index contributed by atoms with van der Waals surface area (Å²) >= 11 is 3.22. The van der Waals surface area contributed by atoms with E-state index in [9.17, 15) is 4.79 Å². The lowest BCUT2D eigenvalue weighted by Gasteiger charge is -2.23. The molecule has 19 heavy (non-hydrogen) atoms. The second-order valence-electron chi connectivity index (χ2n) is 4.51. The summed E-state index contributed by atoms with van der Waals surface area (Å²) in [5.74, 6) is 0.300. The Labute approximate surface area is 119 Å². The fraction of sp³-hybridized carbons (Fsp3) is 0.286. The molecule has 0 aliphatic carbocycles. The molecule has 3 heterocycles. The van der Waals surface area contributed by atoms with Crippen LogP contribution in [0.25, 0.3) is 0 Å². The van der Waals surface area contributed by atoms with Crippen molar-refractivity contribution in [2.75, 3.05) is 6.54 Å². The Morgan fingerprint density at radius 3 is 2.95 bits per heavy atom. The molecule has 2 aromatic rings. The van der Waals surface area contributed by atoms with E-state index in [1.54, 1.807) is 18.3 Å². The van der Waals surface area contributed by atoms with Crippen LogP contribution >= 0.6 is 15.9 Å². The van der Waals surface area contributed by atoms with Crippen molar-refractivity contribution in [1.82, 2.24) is 9.88 Å². The molecule has 1 aliphatic heterocycles. The Morgan fingerprint density at radius 2 is 2.26 bits per heavy atom. The number of likely N-dealkylation sites (tertiary alicyclic amines) is 1. The second kappa shape index (κ2) is 5.17. The molecular formula is C14H13BrN2O2. The molecule has 1 fully saturated rings. The molecule has 0 radical (unpaired) electrons. The van der Waals surface area contributed by atoms with Crippen LogP contribution in [0.15, 0.2) is 45.6 Å². The Morgan fingerprint density at radius 1 is 1.37 bits per heavy atom. The van der Waals surface area contributed by atoms with Crippen LogP contribution in [-0.4, -0.2) is 22.3 Å². The van der Waals surface area contributed by atoms with Gasteiger partial charge in [0, 0.05) is 12.7 Å². The van der Waals surface area contributed by atoms with Gasteiger partial charge < -0.3 is 9.32 Å². The van der Waals surface area contributed by atoms with Crippen LogP contribution in [0.4, 0.5) is 0 Å². The summed E-state index contributed by atoms with van der Waals surface area (Å²) in [6.07, 6.45) is 3.71. The molecule has 98 valence electrons. The normalized spacial score (nSPS) is 18.8. The molecule has 0 bridgehead atoms. The lowest BCUT2D eigenvalue weighted by atomic mass is 10.1. The molecule has 0 N–H and O–H groups in total. The number of carbonyl (C=O) groups is 1. The van der Waals surface area contributed by atoms with E-state index in [1.807, 2.05) is 23.1 Å². The van der Waals surface area contributed by atoms with Crippen LogP contribution in [0.1, 0.15) is 35.1 Å². The third-order valence-electron chi connectivity index (χ3n) is 3.33. The van der Waals surface area contributed by atoms with Crippen LogP contribution in [0, 0.1) is 0 Å². The molecule has 0 aromatic carbocycles. The third-order valence-corrected chi connectivity index (χ3v) is 3.75. The number of rotatable bonds is 2. The van der Waals surface area contributed by atoms with E-state index in [0.717, 1.165) is 25.1 Å². The number of pyridine rings is 1. The average Bonchev–Trinajstić information content (AvgIpc) is 3.07. The fourth-order valence-corrected chi connectivity index (χ4v) is 2.77. The maximum atomic E-state index is 12.4. The summed E-state index contributed by atoms with van der Waals surface area (Å²) < 4.78 is 5.92. The molecule has 1 aliphatic rings. The summed E-state index contributed by atoms with van der Waals surface area (Å²) in [4.78, 5) is 18.6. The molecule has 0 spiro atoms. The van der Waals surface area contributed by atoms with Gasteiger partial charge in [-0.15, -0.1) is 0 Å². The molecule has 1 saturated heterocycles. The molecular weight excluding hydrogens is 308 g/mol. The maximum absolute atomic E-state index is 12.4. The molecule has 4 nitrogen and oxygen atoms in total. The fourth-order valence-electron chi connectivity index (χ4n) is 2.46. The van der Waals surface area contributed by atoms with Crippen LogP contribution in [0.3, 0.4) is 0 Å². The minimum atomic E-state index is -0.0705. The number of carbonyl (C=O) groups excluding carboxylic acids is 1. The van der Waals surface area contributed by atoms with Crippen molar-refractivity contribution in [3.8, 4) is 0 Å². The van der Waals surface area contributed by atoms with E-state index in [0.29, 0.717) is 10.4 Å². The first-order valence-corrected chi connectivity index (χ1v) is 7.02. The molecule has 1 atom stereocenters. The number of nitrogens with zero attached hydrogens (tertiary/aromatic N) is 2. The lowest BCUT2D eigenvalue weighted by Crippen LogP contribution is -2.30. The standard InChI is InChI=1S/C14H13BrN2O2/c15-13-7-6-12(19-13)14(18)17-9-3-5-11(17)10-4-1-2-8-16-10/h1-2,4,6-8,11H,3,5,9H2/t11-/m0/s1. The van der Waals surface area contributed by atoms with Crippen LogP contribution in [-0.2, 0) is 0 Å². The van der Waals surface area contributed by atoms with Gasteiger partial charge in [-0.25, -0.2) is 0 Å². The number of amides is 1. The summed E-state index contributed by atoms with van der Waals surface area (Å²) in [6, 6.07) is 9.28. The van der Waals surface area contributed by atoms with Gasteiger partial charge in [0.15, 0.2) is 10.4 Å². The zero-order valence-electron chi connectivity index (χ0n) is 10.3. The minimum Gasteiger partial charge on any atom is -0.444 e. The predicted molar refractivity (Wildman–Crippen MR) is 73.7 cm³/mol. The largest absolute Gasteiger partial charge is 0.444 e. The van der Waals surface area contributed by atoms with Gasteiger partial charge >= 0.3 is 0 Å². The van der Waals surface area contributed by atoms with E-state index in [2.05, 4.69) is 20.9 Å². The highest BCUT2D eigenvalue weighted by Crippen LogP contribution is 2.32. The van der Waals surface area contributed by atoms with Gasteiger partial charge in [0.1, 0.15) is 0 Å². The van der Waals surface area contributed by atoms with Crippen molar-refractivity contribution in [3.63, 3.8) is 0 Å². The van der Waals surface area contributed by atoms with Crippen molar-refractivity contribution in [2.24, 2.45) is 0 Å². The van der Waals surface area contributed by atoms with Crippen LogP contribution in [0.2, 0.25) is 0 Å². The second-order valence-corrected chi connectivity index (χ2v) is 5.30. The van der Waals surface area contributed by atoms with E-state index in [4.69, 9.17) is 4.42 Å². The summed E-state index contributed by atoms with van der Waals surface area (Å²) in [7, 11) is 0. The van der Waals surface area contributed by atoms with Gasteiger partial charge in [0.05, 0.1) is 11.7 Å². The number of hydrogen-bond acceptors (Lipinski definition) is 3. The van der Waals surface area contributed by atoms with Crippen molar-refractivity contribution >= 4 is 21.8 Å². The van der Waals surface area contributed by atoms with Crippen molar-refractivity contribution < 1.29 is 9.21 Å². The molecule has 2 aromatic heterocycles. The first-order chi connectivity index (χ1) is 9.25. The first-order valence-electron chi connectivity index (χ1n) is 6.23. The van der Waals surface area contributed by atoms with Crippen LogP contribution in [0.5, 0.6) is 0 Å². The minimum absolute atomic E-state index is 0.0533. The van der Waals surface area contributed by atoms with E-state index >= 15 is 0 Å². The average molecular weight is 321 g/mol.